The highest BCUT2D eigenvalue weighted by molar-refractivity contribution is 6.43. The standard InChI is InChI=1S/C15H21Cl3N2/c1-3-10(2)15(20-6-4-19-5-7-20)12-8-11(16)9-13(17)14(12)18/h8-10,15,19H,3-7H2,1-2H3/t10?,15-/m0/s1. The highest BCUT2D eigenvalue weighted by atomic mass is 35.5. The first-order valence-electron chi connectivity index (χ1n) is 7.13. The Labute approximate surface area is 136 Å². The number of nitrogens with one attached hydrogen (secondary N) is 1. The lowest BCUT2D eigenvalue weighted by Crippen LogP contribution is -2.46. The van der Waals surface area contributed by atoms with Crippen molar-refractivity contribution in [3.63, 3.8) is 0 Å². The third-order valence-electron chi connectivity index (χ3n) is 4.07. The van der Waals surface area contributed by atoms with E-state index in [2.05, 4.69) is 24.1 Å². The molecular weight excluding hydrogens is 315 g/mol. The Bertz CT molecular complexity index is 459. The lowest BCUT2D eigenvalue weighted by atomic mass is 9.90. The fourth-order valence-corrected chi connectivity index (χ4v) is 3.57. The Kier molecular flexibility index (Phi) is 6.00. The van der Waals surface area contributed by atoms with Crippen LogP contribution in [0.25, 0.3) is 0 Å². The van der Waals surface area contributed by atoms with Gasteiger partial charge in [-0.15, -0.1) is 0 Å². The molecule has 0 aromatic heterocycles. The maximum atomic E-state index is 6.45. The Morgan fingerprint density at radius 3 is 2.45 bits per heavy atom. The summed E-state index contributed by atoms with van der Waals surface area (Å²) < 4.78 is 0. The smallest absolute Gasteiger partial charge is 0.0641 e. The van der Waals surface area contributed by atoms with Gasteiger partial charge in [0.2, 0.25) is 0 Å². The molecule has 1 aliphatic heterocycles. The van der Waals surface area contributed by atoms with Crippen LogP contribution in [0.15, 0.2) is 12.1 Å². The van der Waals surface area contributed by atoms with Crippen molar-refractivity contribution < 1.29 is 0 Å². The first-order chi connectivity index (χ1) is 9.54. The molecule has 2 atom stereocenters. The normalized spacial score (nSPS) is 19.9. The maximum absolute atomic E-state index is 6.45. The minimum Gasteiger partial charge on any atom is -0.314 e. The first kappa shape index (κ1) is 16.4. The Hall–Kier alpha value is 0.01000. The topological polar surface area (TPSA) is 15.3 Å². The summed E-state index contributed by atoms with van der Waals surface area (Å²) >= 11 is 18.8. The summed E-state index contributed by atoms with van der Waals surface area (Å²) in [5, 5.41) is 5.22. The van der Waals surface area contributed by atoms with Crippen molar-refractivity contribution in [2.75, 3.05) is 26.2 Å². The van der Waals surface area contributed by atoms with Crippen LogP contribution in [-0.2, 0) is 0 Å². The molecule has 2 nitrogen and oxygen atoms in total. The van der Waals surface area contributed by atoms with E-state index in [9.17, 15) is 0 Å². The van der Waals surface area contributed by atoms with Crippen molar-refractivity contribution in [2.24, 2.45) is 5.92 Å². The van der Waals surface area contributed by atoms with Gasteiger partial charge in [0.25, 0.3) is 0 Å². The molecule has 0 aliphatic carbocycles. The van der Waals surface area contributed by atoms with E-state index >= 15 is 0 Å². The number of nitrogens with zero attached hydrogens (tertiary/aromatic N) is 1. The Morgan fingerprint density at radius 1 is 1.20 bits per heavy atom. The zero-order chi connectivity index (χ0) is 14.7. The number of halogens is 3. The molecule has 0 radical (unpaired) electrons. The van der Waals surface area contributed by atoms with E-state index < -0.39 is 0 Å². The molecule has 1 saturated heterocycles. The lowest BCUT2D eigenvalue weighted by molar-refractivity contribution is 0.128. The van der Waals surface area contributed by atoms with Crippen LogP contribution in [0.4, 0.5) is 0 Å². The minimum absolute atomic E-state index is 0.269. The second-order valence-electron chi connectivity index (χ2n) is 5.41. The summed E-state index contributed by atoms with van der Waals surface area (Å²) in [6.07, 6.45) is 1.09. The number of rotatable bonds is 4. The molecule has 1 fully saturated rings. The minimum atomic E-state index is 0.269. The van der Waals surface area contributed by atoms with Crippen LogP contribution in [0.5, 0.6) is 0 Å². The van der Waals surface area contributed by atoms with Gasteiger partial charge in [-0.2, -0.15) is 0 Å². The molecule has 0 saturated carbocycles. The predicted molar refractivity (Wildman–Crippen MR) is 88.1 cm³/mol. The van der Waals surface area contributed by atoms with Gasteiger partial charge in [-0.25, -0.2) is 0 Å². The van der Waals surface area contributed by atoms with E-state index in [1.165, 1.54) is 0 Å². The second kappa shape index (κ2) is 7.33. The van der Waals surface area contributed by atoms with E-state index in [4.69, 9.17) is 34.8 Å². The first-order valence-corrected chi connectivity index (χ1v) is 8.27. The SMILES string of the molecule is CCC(C)[C@@H](c1cc(Cl)cc(Cl)c1Cl)N1CCNCC1. The largest absolute Gasteiger partial charge is 0.314 e. The molecule has 1 heterocycles. The van der Waals surface area contributed by atoms with Gasteiger partial charge in [-0.3, -0.25) is 4.90 Å². The third kappa shape index (κ3) is 3.61. The zero-order valence-electron chi connectivity index (χ0n) is 11.9. The summed E-state index contributed by atoms with van der Waals surface area (Å²) in [6.45, 7) is 8.54. The molecule has 0 amide bonds. The Balaban J connectivity index is 2.40. The molecule has 1 unspecified atom stereocenters. The number of benzene rings is 1. The summed E-state index contributed by atoms with van der Waals surface area (Å²) in [5.41, 5.74) is 1.06. The van der Waals surface area contributed by atoms with Gasteiger partial charge in [0.15, 0.2) is 0 Å². The molecule has 1 aliphatic rings. The van der Waals surface area contributed by atoms with Gasteiger partial charge in [0, 0.05) is 37.2 Å². The van der Waals surface area contributed by atoms with E-state index in [1.807, 2.05) is 6.07 Å². The van der Waals surface area contributed by atoms with Crippen molar-refractivity contribution >= 4 is 34.8 Å². The van der Waals surface area contributed by atoms with E-state index in [-0.39, 0.29) is 6.04 Å². The van der Waals surface area contributed by atoms with E-state index in [0.29, 0.717) is 21.0 Å². The monoisotopic (exact) mass is 334 g/mol. The van der Waals surface area contributed by atoms with Crippen LogP contribution < -0.4 is 5.32 Å². The van der Waals surface area contributed by atoms with Crippen LogP contribution in [0.3, 0.4) is 0 Å². The van der Waals surface area contributed by atoms with Crippen molar-refractivity contribution in [3.05, 3.63) is 32.8 Å². The summed E-state index contributed by atoms with van der Waals surface area (Å²) in [7, 11) is 0. The molecule has 2 rings (SSSR count). The van der Waals surface area contributed by atoms with Crippen LogP contribution >= 0.6 is 34.8 Å². The zero-order valence-corrected chi connectivity index (χ0v) is 14.2. The van der Waals surface area contributed by atoms with Gasteiger partial charge >= 0.3 is 0 Å². The van der Waals surface area contributed by atoms with E-state index in [0.717, 1.165) is 38.2 Å². The van der Waals surface area contributed by atoms with Crippen LogP contribution in [-0.4, -0.2) is 31.1 Å². The fraction of sp³-hybridized carbons (Fsp3) is 0.600. The number of hydrogen-bond acceptors (Lipinski definition) is 2. The summed E-state index contributed by atoms with van der Waals surface area (Å²) in [4.78, 5) is 2.48. The third-order valence-corrected chi connectivity index (χ3v) is 5.10. The molecule has 0 bridgehead atoms. The van der Waals surface area contributed by atoms with Gasteiger partial charge in [-0.05, 0) is 23.6 Å². The number of piperazine rings is 1. The average molecular weight is 336 g/mol. The van der Waals surface area contributed by atoms with Gasteiger partial charge < -0.3 is 5.32 Å². The summed E-state index contributed by atoms with van der Waals surface area (Å²) in [5.74, 6) is 0.500. The summed E-state index contributed by atoms with van der Waals surface area (Å²) in [6, 6.07) is 3.94. The number of hydrogen-bond donors (Lipinski definition) is 1. The van der Waals surface area contributed by atoms with Crippen molar-refractivity contribution in [1.29, 1.82) is 0 Å². The van der Waals surface area contributed by atoms with Crippen LogP contribution in [0, 0.1) is 5.92 Å². The molecule has 1 aromatic carbocycles. The maximum Gasteiger partial charge on any atom is 0.0641 e. The van der Waals surface area contributed by atoms with Crippen LogP contribution in [0.2, 0.25) is 15.1 Å². The molecular formula is C15H21Cl3N2. The lowest BCUT2D eigenvalue weighted by Gasteiger charge is -2.39. The molecule has 20 heavy (non-hydrogen) atoms. The highest BCUT2D eigenvalue weighted by Crippen LogP contribution is 2.39. The quantitative estimate of drug-likeness (QED) is 0.806. The van der Waals surface area contributed by atoms with Gasteiger partial charge in [-0.1, -0.05) is 55.1 Å². The van der Waals surface area contributed by atoms with Crippen LogP contribution in [0.1, 0.15) is 31.9 Å². The fourth-order valence-electron chi connectivity index (χ4n) is 2.84. The Morgan fingerprint density at radius 2 is 1.85 bits per heavy atom. The molecule has 0 spiro atoms. The highest BCUT2D eigenvalue weighted by Gasteiger charge is 2.29. The molecule has 5 heteroatoms. The van der Waals surface area contributed by atoms with E-state index in [1.54, 1.807) is 6.07 Å². The van der Waals surface area contributed by atoms with Gasteiger partial charge in [0.05, 0.1) is 10.0 Å². The van der Waals surface area contributed by atoms with Gasteiger partial charge in [0.1, 0.15) is 0 Å². The predicted octanol–water partition coefficient (Wildman–Crippen LogP) is 4.64. The van der Waals surface area contributed by atoms with Crippen molar-refractivity contribution in [2.45, 2.75) is 26.3 Å². The second-order valence-corrected chi connectivity index (χ2v) is 6.63. The molecule has 112 valence electrons. The average Bonchev–Trinajstić information content (AvgIpc) is 2.45. The molecule has 1 aromatic rings. The molecule has 1 N–H and O–H groups in total. The van der Waals surface area contributed by atoms with Crippen molar-refractivity contribution in [1.82, 2.24) is 10.2 Å². The van der Waals surface area contributed by atoms with Crippen molar-refractivity contribution in [3.8, 4) is 0 Å².